The molecule has 3 heterocycles. The van der Waals surface area contributed by atoms with E-state index in [9.17, 15) is 9.59 Å². The van der Waals surface area contributed by atoms with Crippen LogP contribution in [0, 0.1) is 0 Å². The second-order valence-electron chi connectivity index (χ2n) is 7.48. The van der Waals surface area contributed by atoms with Gasteiger partial charge in [-0.15, -0.1) is 0 Å². The number of morpholine rings is 1. The van der Waals surface area contributed by atoms with Crippen LogP contribution in [0.25, 0.3) is 0 Å². The average molecular weight is 377 g/mol. The van der Waals surface area contributed by atoms with E-state index < -0.39 is 0 Å². The molecule has 0 bridgehead atoms. The van der Waals surface area contributed by atoms with Crippen LogP contribution in [-0.2, 0) is 21.4 Å². The van der Waals surface area contributed by atoms with Crippen molar-refractivity contribution in [2.45, 2.75) is 44.8 Å². The summed E-state index contributed by atoms with van der Waals surface area (Å²) < 4.78 is 7.90. The first-order valence-electron chi connectivity index (χ1n) is 9.91. The number of amides is 2. The third-order valence-electron chi connectivity index (χ3n) is 5.34. The molecule has 2 atom stereocenters. The van der Waals surface area contributed by atoms with E-state index in [-0.39, 0.29) is 24.0 Å². The number of nitrogens with one attached hydrogen (secondary N) is 1. The summed E-state index contributed by atoms with van der Waals surface area (Å²) in [5.74, 6) is -0.0684. The van der Waals surface area contributed by atoms with Gasteiger partial charge in [-0.2, -0.15) is 5.10 Å². The number of likely N-dealkylation sites (tertiary alicyclic amines) is 1. The van der Waals surface area contributed by atoms with E-state index in [1.165, 1.54) is 26.2 Å². The van der Waals surface area contributed by atoms with Gasteiger partial charge in [-0.1, -0.05) is 6.42 Å². The van der Waals surface area contributed by atoms with Crippen molar-refractivity contribution >= 4 is 11.8 Å². The number of aromatic nitrogens is 2. The molecule has 1 N–H and O–H groups in total. The summed E-state index contributed by atoms with van der Waals surface area (Å²) in [7, 11) is 1.88. The van der Waals surface area contributed by atoms with Crippen molar-refractivity contribution in [3.05, 3.63) is 18.0 Å². The predicted molar refractivity (Wildman–Crippen MR) is 101 cm³/mol. The lowest BCUT2D eigenvalue weighted by Gasteiger charge is -2.43. The van der Waals surface area contributed by atoms with E-state index in [0.29, 0.717) is 26.1 Å². The molecule has 0 aromatic carbocycles. The minimum absolute atomic E-state index is 0.0459. The Kier molecular flexibility index (Phi) is 6.84. The van der Waals surface area contributed by atoms with Crippen molar-refractivity contribution in [3.63, 3.8) is 0 Å². The molecule has 1 aromatic heterocycles. The number of piperidine rings is 1. The van der Waals surface area contributed by atoms with Crippen LogP contribution < -0.4 is 5.32 Å². The van der Waals surface area contributed by atoms with Gasteiger partial charge in [-0.3, -0.25) is 14.3 Å². The van der Waals surface area contributed by atoms with Crippen LogP contribution in [0.15, 0.2) is 12.4 Å². The number of carbonyl (C=O) groups excluding carboxylic acids is 2. The largest absolute Gasteiger partial charge is 0.373 e. The maximum Gasteiger partial charge on any atom is 0.225 e. The molecule has 150 valence electrons. The molecule has 0 spiro atoms. The molecule has 2 aliphatic rings. The van der Waals surface area contributed by atoms with Crippen molar-refractivity contribution in [1.82, 2.24) is 24.9 Å². The molecule has 8 nitrogen and oxygen atoms in total. The molecular weight excluding hydrogens is 346 g/mol. The van der Waals surface area contributed by atoms with Crippen molar-refractivity contribution in [2.75, 3.05) is 39.3 Å². The zero-order valence-corrected chi connectivity index (χ0v) is 16.4. The minimum Gasteiger partial charge on any atom is -0.373 e. The van der Waals surface area contributed by atoms with E-state index in [1.807, 2.05) is 24.3 Å². The maximum atomic E-state index is 12.9. The average Bonchev–Trinajstić information content (AvgIpc) is 3.08. The quantitative estimate of drug-likeness (QED) is 0.789. The first-order valence-corrected chi connectivity index (χ1v) is 9.91. The van der Waals surface area contributed by atoms with E-state index in [0.717, 1.165) is 25.2 Å². The van der Waals surface area contributed by atoms with Crippen LogP contribution in [0.3, 0.4) is 0 Å². The predicted octanol–water partition coefficient (Wildman–Crippen LogP) is 0.701. The third-order valence-corrected chi connectivity index (χ3v) is 5.34. The maximum absolute atomic E-state index is 12.9. The van der Waals surface area contributed by atoms with Crippen LogP contribution in [0.1, 0.15) is 44.2 Å². The summed E-state index contributed by atoms with van der Waals surface area (Å²) in [6.07, 6.45) is 7.78. The molecule has 27 heavy (non-hydrogen) atoms. The smallest absolute Gasteiger partial charge is 0.225 e. The van der Waals surface area contributed by atoms with Crippen molar-refractivity contribution in [2.24, 2.45) is 7.05 Å². The highest BCUT2D eigenvalue weighted by molar-refractivity contribution is 5.78. The first kappa shape index (κ1) is 19.8. The molecule has 0 radical (unpaired) electrons. The van der Waals surface area contributed by atoms with Crippen LogP contribution in [0.4, 0.5) is 0 Å². The highest BCUT2D eigenvalue weighted by Crippen LogP contribution is 2.31. The van der Waals surface area contributed by atoms with E-state index in [2.05, 4.69) is 15.3 Å². The number of hydrogen-bond donors (Lipinski definition) is 1. The Balaban J connectivity index is 1.73. The number of nitrogens with zero attached hydrogens (tertiary/aromatic N) is 4. The van der Waals surface area contributed by atoms with Gasteiger partial charge in [-0.05, 0) is 25.9 Å². The lowest BCUT2D eigenvalue weighted by Crippen LogP contribution is -2.52. The zero-order valence-electron chi connectivity index (χ0n) is 16.4. The van der Waals surface area contributed by atoms with Gasteiger partial charge in [0.25, 0.3) is 0 Å². The fourth-order valence-corrected chi connectivity index (χ4v) is 4.04. The third kappa shape index (κ3) is 5.29. The van der Waals surface area contributed by atoms with Gasteiger partial charge in [-0.25, -0.2) is 0 Å². The summed E-state index contributed by atoms with van der Waals surface area (Å²) in [5, 5.41) is 7.01. The summed E-state index contributed by atoms with van der Waals surface area (Å²) in [5.41, 5.74) is 1.01. The monoisotopic (exact) mass is 377 g/mol. The molecule has 1 aromatic rings. The zero-order chi connectivity index (χ0) is 19.2. The van der Waals surface area contributed by atoms with E-state index in [4.69, 9.17) is 4.74 Å². The molecule has 8 heteroatoms. The first-order chi connectivity index (χ1) is 13.0. The topological polar surface area (TPSA) is 79.7 Å². The van der Waals surface area contributed by atoms with Gasteiger partial charge in [0.05, 0.1) is 24.9 Å². The van der Waals surface area contributed by atoms with Crippen molar-refractivity contribution < 1.29 is 14.3 Å². The van der Waals surface area contributed by atoms with Crippen LogP contribution in [0.2, 0.25) is 0 Å². The second kappa shape index (κ2) is 9.32. The SMILES string of the molecule is CC(=O)NCCC(=O)N1CCO[C@@H](CN2CCCCC2)[C@@H]1c1cnn(C)c1. The molecule has 0 saturated carbocycles. The fourth-order valence-electron chi connectivity index (χ4n) is 4.04. The van der Waals surface area contributed by atoms with E-state index in [1.54, 1.807) is 4.68 Å². The van der Waals surface area contributed by atoms with E-state index >= 15 is 0 Å². The summed E-state index contributed by atoms with van der Waals surface area (Å²) in [6.45, 7) is 5.95. The Morgan fingerprint density at radius 1 is 1.26 bits per heavy atom. The van der Waals surface area contributed by atoms with Crippen LogP contribution in [-0.4, -0.2) is 76.8 Å². The number of rotatable bonds is 6. The Bertz CT molecular complexity index is 641. The molecule has 0 unspecified atom stereocenters. The van der Waals surface area contributed by atoms with Crippen molar-refractivity contribution in [1.29, 1.82) is 0 Å². The normalized spacial score (nSPS) is 24.0. The Hall–Kier alpha value is -1.93. The molecule has 2 amide bonds. The van der Waals surface area contributed by atoms with Gasteiger partial charge in [0.15, 0.2) is 0 Å². The molecule has 2 saturated heterocycles. The summed E-state index contributed by atoms with van der Waals surface area (Å²) in [4.78, 5) is 28.3. The summed E-state index contributed by atoms with van der Waals surface area (Å²) >= 11 is 0. The van der Waals surface area contributed by atoms with Gasteiger partial charge < -0.3 is 19.9 Å². The highest BCUT2D eigenvalue weighted by atomic mass is 16.5. The molecule has 2 fully saturated rings. The highest BCUT2D eigenvalue weighted by Gasteiger charge is 2.37. The number of carbonyl (C=O) groups is 2. The molecule has 0 aliphatic carbocycles. The fraction of sp³-hybridized carbons (Fsp3) is 0.737. The number of aryl methyl sites for hydroxylation is 1. The minimum atomic E-state index is -0.140. The molecule has 3 rings (SSSR count). The summed E-state index contributed by atoms with van der Waals surface area (Å²) in [6, 6.07) is -0.140. The van der Waals surface area contributed by atoms with Gasteiger partial charge in [0.2, 0.25) is 11.8 Å². The van der Waals surface area contributed by atoms with Crippen molar-refractivity contribution in [3.8, 4) is 0 Å². The Morgan fingerprint density at radius 3 is 2.70 bits per heavy atom. The molecule has 2 aliphatic heterocycles. The standard InChI is InChI=1S/C19H31N5O3/c1-15(25)20-7-6-18(26)24-10-11-27-17(14-23-8-4-3-5-9-23)19(24)16-12-21-22(2)13-16/h12-13,17,19H,3-11,14H2,1-2H3,(H,20,25)/t17-,19-/m0/s1. The van der Waals surface area contributed by atoms with Crippen LogP contribution >= 0.6 is 0 Å². The van der Waals surface area contributed by atoms with Gasteiger partial charge in [0, 0.05) is 51.8 Å². The lowest BCUT2D eigenvalue weighted by atomic mass is 9.99. The number of hydrogen-bond acceptors (Lipinski definition) is 5. The number of ether oxygens (including phenoxy) is 1. The van der Waals surface area contributed by atoms with Gasteiger partial charge in [0.1, 0.15) is 0 Å². The lowest BCUT2D eigenvalue weighted by molar-refractivity contribution is -0.148. The second-order valence-corrected chi connectivity index (χ2v) is 7.48. The van der Waals surface area contributed by atoms with Crippen LogP contribution in [0.5, 0.6) is 0 Å². The van der Waals surface area contributed by atoms with Gasteiger partial charge >= 0.3 is 0 Å². The Labute approximate surface area is 160 Å². The molecular formula is C19H31N5O3. The Morgan fingerprint density at radius 2 is 2.04 bits per heavy atom.